The Morgan fingerprint density at radius 2 is 1.63 bits per heavy atom. The number of hydrogen-bond acceptors (Lipinski definition) is 5. The molecule has 1 aliphatic rings. The lowest BCUT2D eigenvalue weighted by atomic mass is 10.1. The molecule has 0 saturated carbocycles. The van der Waals surface area contributed by atoms with E-state index in [1.807, 2.05) is 13.0 Å². The Morgan fingerprint density at radius 3 is 2.26 bits per heavy atom. The van der Waals surface area contributed by atoms with E-state index in [0.717, 1.165) is 5.56 Å². The number of carbonyl (C=O) groups is 1. The van der Waals surface area contributed by atoms with Crippen LogP contribution in [0, 0.1) is 13.8 Å². The highest BCUT2D eigenvalue weighted by atomic mass is 32.2. The third-order valence-corrected chi connectivity index (χ3v) is 8.66. The highest BCUT2D eigenvalue weighted by Crippen LogP contribution is 2.33. The maximum Gasteiger partial charge on any atom is 0.264 e. The summed E-state index contributed by atoms with van der Waals surface area (Å²) in [6.07, 6.45) is -2.74. The number of rotatable bonds is 6. The maximum absolute atomic E-state index is 14.0. The molecule has 0 unspecified atom stereocenters. The van der Waals surface area contributed by atoms with Crippen molar-refractivity contribution < 1.29 is 22.0 Å². The molecule has 0 bridgehead atoms. The number of amides is 1. The summed E-state index contributed by atoms with van der Waals surface area (Å²) in [4.78, 5) is 19.6. The second-order valence-electron chi connectivity index (χ2n) is 9.30. The fraction of sp³-hybridized carbons (Fsp3) is 0.296. The first-order valence-electron chi connectivity index (χ1n) is 12.2. The summed E-state index contributed by atoms with van der Waals surface area (Å²) >= 11 is 0. The third-order valence-electron chi connectivity index (χ3n) is 6.75. The SMILES string of the molecule is Cc1ccc(S(=O)(=O)N2CCN(C(=O)Cn3nc(C)c4c(C(F)F)cc(-c5ccccc5)nc43)CC2)cc1. The predicted molar refractivity (Wildman–Crippen MR) is 139 cm³/mol. The number of fused-ring (bicyclic) bond motifs is 1. The van der Waals surface area contributed by atoms with E-state index in [9.17, 15) is 22.0 Å². The molecule has 8 nitrogen and oxygen atoms in total. The van der Waals surface area contributed by atoms with E-state index in [0.29, 0.717) is 17.0 Å². The number of carbonyl (C=O) groups excluding carboxylic acids is 1. The van der Waals surface area contributed by atoms with Gasteiger partial charge in [0.25, 0.3) is 6.43 Å². The lowest BCUT2D eigenvalue weighted by molar-refractivity contribution is -0.133. The zero-order valence-corrected chi connectivity index (χ0v) is 21.8. The molecule has 38 heavy (non-hydrogen) atoms. The van der Waals surface area contributed by atoms with Crippen LogP contribution in [0.25, 0.3) is 22.3 Å². The predicted octanol–water partition coefficient (Wildman–Crippen LogP) is 4.19. The van der Waals surface area contributed by atoms with Gasteiger partial charge in [0.2, 0.25) is 15.9 Å². The first-order valence-corrected chi connectivity index (χ1v) is 13.7. The van der Waals surface area contributed by atoms with Crippen LogP contribution >= 0.6 is 0 Å². The molecule has 1 amide bonds. The minimum absolute atomic E-state index is 0.159. The second-order valence-corrected chi connectivity index (χ2v) is 11.2. The van der Waals surface area contributed by atoms with Crippen LogP contribution in [0.1, 0.15) is 23.2 Å². The molecule has 3 heterocycles. The van der Waals surface area contributed by atoms with E-state index in [4.69, 9.17) is 0 Å². The van der Waals surface area contributed by atoms with Crippen LogP contribution in [-0.4, -0.2) is 64.5 Å². The number of alkyl halides is 2. The van der Waals surface area contributed by atoms with E-state index in [2.05, 4.69) is 10.1 Å². The normalized spacial score (nSPS) is 14.9. The van der Waals surface area contributed by atoms with Gasteiger partial charge in [0.15, 0.2) is 5.65 Å². The van der Waals surface area contributed by atoms with E-state index >= 15 is 0 Å². The maximum atomic E-state index is 14.0. The summed E-state index contributed by atoms with van der Waals surface area (Å²) in [6.45, 7) is 4.06. The smallest absolute Gasteiger partial charge is 0.264 e. The van der Waals surface area contributed by atoms with Gasteiger partial charge in [-0.05, 0) is 32.0 Å². The van der Waals surface area contributed by atoms with Crippen molar-refractivity contribution in [3.05, 3.63) is 77.5 Å². The van der Waals surface area contributed by atoms with Crippen molar-refractivity contribution in [2.75, 3.05) is 26.2 Å². The Labute approximate surface area is 219 Å². The van der Waals surface area contributed by atoms with Gasteiger partial charge < -0.3 is 4.90 Å². The standard InChI is InChI=1S/C27H27F2N5O3S/c1-18-8-10-21(11-9-18)38(36,37)33-14-12-32(13-15-33)24(35)17-34-27-25(19(2)31-34)22(26(28)29)16-23(30-27)20-6-4-3-5-7-20/h3-11,16,26H,12-15,17H2,1-2H3. The molecular weight excluding hydrogens is 512 g/mol. The lowest BCUT2D eigenvalue weighted by Gasteiger charge is -2.34. The molecule has 0 aliphatic carbocycles. The van der Waals surface area contributed by atoms with Gasteiger partial charge in [0.05, 0.1) is 21.7 Å². The number of nitrogens with zero attached hydrogens (tertiary/aromatic N) is 5. The van der Waals surface area contributed by atoms with Gasteiger partial charge in [0.1, 0.15) is 6.54 Å². The molecule has 0 N–H and O–H groups in total. The van der Waals surface area contributed by atoms with Crippen LogP contribution in [0.3, 0.4) is 0 Å². The third kappa shape index (κ3) is 4.91. The van der Waals surface area contributed by atoms with Crippen molar-refractivity contribution in [1.82, 2.24) is 24.0 Å². The minimum Gasteiger partial charge on any atom is -0.338 e. The van der Waals surface area contributed by atoms with Crippen LogP contribution in [-0.2, 0) is 21.4 Å². The van der Waals surface area contributed by atoms with E-state index in [-0.39, 0.29) is 60.1 Å². The molecule has 198 valence electrons. The molecule has 5 rings (SSSR count). The molecule has 2 aromatic heterocycles. The first kappa shape index (κ1) is 25.9. The van der Waals surface area contributed by atoms with E-state index in [1.165, 1.54) is 15.1 Å². The summed E-state index contributed by atoms with van der Waals surface area (Å²) in [6, 6.07) is 17.0. The van der Waals surface area contributed by atoms with E-state index in [1.54, 1.807) is 60.4 Å². The molecular formula is C27H27F2N5O3S. The summed E-state index contributed by atoms with van der Waals surface area (Å²) in [7, 11) is -3.66. The van der Waals surface area contributed by atoms with Gasteiger partial charge in [-0.1, -0.05) is 48.0 Å². The van der Waals surface area contributed by atoms with Crippen molar-refractivity contribution >= 4 is 27.0 Å². The Bertz CT molecular complexity index is 1580. The molecule has 0 spiro atoms. The van der Waals surface area contributed by atoms with Crippen LogP contribution in [0.4, 0.5) is 8.78 Å². The fourth-order valence-electron chi connectivity index (χ4n) is 4.69. The van der Waals surface area contributed by atoms with Crippen LogP contribution in [0.2, 0.25) is 0 Å². The molecule has 4 aromatic rings. The van der Waals surface area contributed by atoms with Gasteiger partial charge in [0, 0.05) is 37.3 Å². The van der Waals surface area contributed by atoms with Gasteiger partial charge in [-0.15, -0.1) is 0 Å². The van der Waals surface area contributed by atoms with Gasteiger partial charge in [-0.3, -0.25) is 4.79 Å². The lowest BCUT2D eigenvalue weighted by Crippen LogP contribution is -2.51. The van der Waals surface area contributed by atoms with Crippen molar-refractivity contribution in [2.45, 2.75) is 31.7 Å². The zero-order valence-electron chi connectivity index (χ0n) is 21.0. The monoisotopic (exact) mass is 539 g/mol. The molecule has 2 aromatic carbocycles. The first-order chi connectivity index (χ1) is 18.1. The summed E-state index contributed by atoms with van der Waals surface area (Å²) in [5, 5.41) is 4.61. The summed E-state index contributed by atoms with van der Waals surface area (Å²) in [5.74, 6) is -0.285. The molecule has 0 atom stereocenters. The van der Waals surface area contributed by atoms with E-state index < -0.39 is 16.4 Å². The molecule has 1 fully saturated rings. The zero-order chi connectivity index (χ0) is 27.0. The molecule has 1 saturated heterocycles. The Balaban J connectivity index is 1.36. The Hall–Kier alpha value is -3.70. The Morgan fingerprint density at radius 1 is 0.974 bits per heavy atom. The van der Waals surface area contributed by atoms with Crippen molar-refractivity contribution in [3.63, 3.8) is 0 Å². The van der Waals surface area contributed by atoms with Crippen LogP contribution < -0.4 is 0 Å². The highest BCUT2D eigenvalue weighted by Gasteiger charge is 2.31. The van der Waals surface area contributed by atoms with Gasteiger partial charge >= 0.3 is 0 Å². The number of aromatic nitrogens is 3. The number of halogens is 2. The number of pyridine rings is 1. The summed E-state index contributed by atoms with van der Waals surface area (Å²) < 4.78 is 56.7. The number of hydrogen-bond donors (Lipinski definition) is 0. The number of sulfonamides is 1. The Kier molecular flexibility index (Phi) is 6.97. The topological polar surface area (TPSA) is 88.4 Å². The average Bonchev–Trinajstić information content (AvgIpc) is 3.23. The highest BCUT2D eigenvalue weighted by molar-refractivity contribution is 7.89. The molecule has 11 heteroatoms. The van der Waals surface area contributed by atoms with Crippen LogP contribution in [0.5, 0.6) is 0 Å². The quantitative estimate of drug-likeness (QED) is 0.367. The number of piperazine rings is 1. The van der Waals surface area contributed by atoms with Crippen molar-refractivity contribution in [3.8, 4) is 11.3 Å². The minimum atomic E-state index is -3.66. The average molecular weight is 540 g/mol. The van der Waals surface area contributed by atoms with Crippen LogP contribution in [0.15, 0.2) is 65.6 Å². The van der Waals surface area contributed by atoms with Crippen molar-refractivity contribution in [2.24, 2.45) is 0 Å². The number of benzene rings is 2. The van der Waals surface area contributed by atoms with Gasteiger partial charge in [-0.25, -0.2) is 26.9 Å². The largest absolute Gasteiger partial charge is 0.338 e. The molecule has 0 radical (unpaired) electrons. The molecule has 1 aliphatic heterocycles. The van der Waals surface area contributed by atoms with Gasteiger partial charge in [-0.2, -0.15) is 9.40 Å². The number of aryl methyl sites for hydroxylation is 2. The fourth-order valence-corrected chi connectivity index (χ4v) is 6.11. The van der Waals surface area contributed by atoms with Crippen molar-refractivity contribution in [1.29, 1.82) is 0 Å². The summed E-state index contributed by atoms with van der Waals surface area (Å²) in [5.41, 5.74) is 2.42. The second kappa shape index (κ2) is 10.2.